The second kappa shape index (κ2) is 6.32. The van der Waals surface area contributed by atoms with E-state index in [1.165, 1.54) is 4.90 Å². The van der Waals surface area contributed by atoms with E-state index in [9.17, 15) is 14.4 Å². The van der Waals surface area contributed by atoms with Crippen LogP contribution in [0.2, 0.25) is 0 Å². The Kier molecular flexibility index (Phi) is 4.50. The van der Waals surface area contributed by atoms with Crippen molar-refractivity contribution in [2.45, 2.75) is 19.8 Å². The standard InChI is InChI=1S/C15H18N2O3/c1-11-2-4-12(5-3-11)13(18)6-7-15(20)17-9-8-16-14(19)10-17/h2-5H,6-10H2,1H3,(H,16,19). The maximum absolute atomic E-state index is 12.0. The number of nitrogens with one attached hydrogen (secondary N) is 1. The van der Waals surface area contributed by atoms with Crippen molar-refractivity contribution in [3.8, 4) is 0 Å². The fourth-order valence-corrected chi connectivity index (χ4v) is 2.11. The maximum atomic E-state index is 12.0. The lowest BCUT2D eigenvalue weighted by Crippen LogP contribution is -2.50. The van der Waals surface area contributed by atoms with Crippen LogP contribution in [-0.4, -0.2) is 42.1 Å². The van der Waals surface area contributed by atoms with Crippen LogP contribution in [0, 0.1) is 6.92 Å². The van der Waals surface area contributed by atoms with Crippen LogP contribution in [0.15, 0.2) is 24.3 Å². The number of hydrogen-bond acceptors (Lipinski definition) is 3. The zero-order chi connectivity index (χ0) is 14.5. The molecule has 1 fully saturated rings. The van der Waals surface area contributed by atoms with E-state index in [0.29, 0.717) is 18.7 Å². The number of ketones is 1. The van der Waals surface area contributed by atoms with Gasteiger partial charge in [-0.1, -0.05) is 29.8 Å². The van der Waals surface area contributed by atoms with Crippen molar-refractivity contribution in [3.05, 3.63) is 35.4 Å². The minimum atomic E-state index is -0.144. The fraction of sp³-hybridized carbons (Fsp3) is 0.400. The van der Waals surface area contributed by atoms with Gasteiger partial charge in [-0.3, -0.25) is 14.4 Å². The average molecular weight is 274 g/mol. The van der Waals surface area contributed by atoms with Gasteiger partial charge in [0.15, 0.2) is 5.78 Å². The number of carbonyl (C=O) groups excluding carboxylic acids is 3. The van der Waals surface area contributed by atoms with Gasteiger partial charge in [0.05, 0.1) is 6.54 Å². The lowest BCUT2D eigenvalue weighted by molar-refractivity contribution is -0.138. The van der Waals surface area contributed by atoms with Gasteiger partial charge in [-0.05, 0) is 6.92 Å². The molecule has 0 radical (unpaired) electrons. The van der Waals surface area contributed by atoms with Gasteiger partial charge in [-0.25, -0.2) is 0 Å². The van der Waals surface area contributed by atoms with E-state index >= 15 is 0 Å². The molecule has 0 bridgehead atoms. The molecular formula is C15H18N2O3. The summed E-state index contributed by atoms with van der Waals surface area (Å²) in [5.41, 5.74) is 1.72. The van der Waals surface area contributed by atoms with Gasteiger partial charge in [0.1, 0.15) is 0 Å². The first kappa shape index (κ1) is 14.2. The number of aryl methyl sites for hydroxylation is 1. The number of piperazine rings is 1. The van der Waals surface area contributed by atoms with Gasteiger partial charge in [-0.15, -0.1) is 0 Å². The van der Waals surface area contributed by atoms with E-state index in [-0.39, 0.29) is 37.0 Å². The molecule has 1 saturated heterocycles. The second-order valence-corrected chi connectivity index (χ2v) is 4.95. The summed E-state index contributed by atoms with van der Waals surface area (Å²) in [6.45, 7) is 3.05. The number of amides is 2. The highest BCUT2D eigenvalue weighted by Crippen LogP contribution is 2.09. The normalized spacial score (nSPS) is 14.8. The fourth-order valence-electron chi connectivity index (χ4n) is 2.11. The molecule has 5 nitrogen and oxygen atoms in total. The lowest BCUT2D eigenvalue weighted by atomic mass is 10.0. The molecular weight excluding hydrogens is 256 g/mol. The van der Waals surface area contributed by atoms with Gasteiger partial charge in [0, 0.05) is 31.5 Å². The number of benzene rings is 1. The summed E-state index contributed by atoms with van der Waals surface area (Å²) < 4.78 is 0. The SMILES string of the molecule is Cc1ccc(C(=O)CCC(=O)N2CCNC(=O)C2)cc1. The van der Waals surface area contributed by atoms with Gasteiger partial charge in [-0.2, -0.15) is 0 Å². The predicted molar refractivity (Wildman–Crippen MR) is 74.3 cm³/mol. The first-order valence-electron chi connectivity index (χ1n) is 6.70. The predicted octanol–water partition coefficient (Wildman–Crippen LogP) is 0.916. The lowest BCUT2D eigenvalue weighted by Gasteiger charge is -2.26. The average Bonchev–Trinajstić information content (AvgIpc) is 2.45. The highest BCUT2D eigenvalue weighted by Gasteiger charge is 2.21. The van der Waals surface area contributed by atoms with E-state index in [2.05, 4.69) is 5.32 Å². The summed E-state index contributed by atoms with van der Waals surface area (Å²) in [5.74, 6) is -0.324. The van der Waals surface area contributed by atoms with E-state index < -0.39 is 0 Å². The molecule has 1 heterocycles. The monoisotopic (exact) mass is 274 g/mol. The zero-order valence-corrected chi connectivity index (χ0v) is 11.5. The van der Waals surface area contributed by atoms with E-state index in [4.69, 9.17) is 0 Å². The van der Waals surface area contributed by atoms with Crippen LogP contribution in [0.4, 0.5) is 0 Å². The molecule has 1 aliphatic heterocycles. The summed E-state index contributed by atoms with van der Waals surface area (Å²) in [6.07, 6.45) is 0.333. The third-order valence-electron chi connectivity index (χ3n) is 3.33. The highest BCUT2D eigenvalue weighted by atomic mass is 16.2. The molecule has 0 saturated carbocycles. The van der Waals surface area contributed by atoms with Crippen molar-refractivity contribution < 1.29 is 14.4 Å². The van der Waals surface area contributed by atoms with Crippen molar-refractivity contribution in [1.82, 2.24) is 10.2 Å². The summed E-state index contributed by atoms with van der Waals surface area (Å²) in [7, 11) is 0. The topological polar surface area (TPSA) is 66.5 Å². The van der Waals surface area contributed by atoms with Crippen molar-refractivity contribution in [3.63, 3.8) is 0 Å². The minimum Gasteiger partial charge on any atom is -0.353 e. The molecule has 0 atom stereocenters. The van der Waals surface area contributed by atoms with Crippen LogP contribution in [0.3, 0.4) is 0 Å². The Balaban J connectivity index is 1.85. The smallest absolute Gasteiger partial charge is 0.239 e. The number of carbonyl (C=O) groups is 3. The van der Waals surface area contributed by atoms with E-state index in [1.807, 2.05) is 19.1 Å². The van der Waals surface area contributed by atoms with Crippen LogP contribution < -0.4 is 5.32 Å². The van der Waals surface area contributed by atoms with Crippen LogP contribution >= 0.6 is 0 Å². The maximum Gasteiger partial charge on any atom is 0.239 e. The second-order valence-electron chi connectivity index (χ2n) is 4.95. The first-order chi connectivity index (χ1) is 9.56. The Morgan fingerprint density at radius 1 is 1.20 bits per heavy atom. The largest absolute Gasteiger partial charge is 0.353 e. The third kappa shape index (κ3) is 3.66. The van der Waals surface area contributed by atoms with Gasteiger partial charge in [0.25, 0.3) is 0 Å². The molecule has 1 N–H and O–H groups in total. The summed E-state index contributed by atoms with van der Waals surface area (Å²) in [4.78, 5) is 36.6. The van der Waals surface area contributed by atoms with Crippen molar-refractivity contribution >= 4 is 17.6 Å². The van der Waals surface area contributed by atoms with Crippen molar-refractivity contribution in [1.29, 1.82) is 0 Å². The van der Waals surface area contributed by atoms with Crippen LogP contribution in [0.25, 0.3) is 0 Å². The molecule has 1 aromatic carbocycles. The Morgan fingerprint density at radius 3 is 2.55 bits per heavy atom. The summed E-state index contributed by atoms with van der Waals surface area (Å²) in [6, 6.07) is 7.31. The first-order valence-corrected chi connectivity index (χ1v) is 6.70. The minimum absolute atomic E-state index is 0.0418. The number of Topliss-reactive ketones (excluding diaryl/α,β-unsaturated/α-hetero) is 1. The Labute approximate surface area is 118 Å². The molecule has 106 valence electrons. The molecule has 2 rings (SSSR count). The number of rotatable bonds is 4. The highest BCUT2D eigenvalue weighted by molar-refractivity contribution is 5.98. The zero-order valence-electron chi connectivity index (χ0n) is 11.5. The van der Waals surface area contributed by atoms with E-state index in [1.54, 1.807) is 12.1 Å². The molecule has 20 heavy (non-hydrogen) atoms. The molecule has 5 heteroatoms. The number of hydrogen-bond donors (Lipinski definition) is 1. The molecule has 2 amide bonds. The molecule has 0 aromatic heterocycles. The Hall–Kier alpha value is -2.17. The number of nitrogens with zero attached hydrogens (tertiary/aromatic N) is 1. The van der Waals surface area contributed by atoms with Gasteiger partial charge < -0.3 is 10.2 Å². The van der Waals surface area contributed by atoms with Crippen molar-refractivity contribution in [2.75, 3.05) is 19.6 Å². The molecule has 1 aromatic rings. The molecule has 0 spiro atoms. The third-order valence-corrected chi connectivity index (χ3v) is 3.33. The molecule has 1 aliphatic rings. The van der Waals surface area contributed by atoms with Gasteiger partial charge in [0.2, 0.25) is 11.8 Å². The van der Waals surface area contributed by atoms with Gasteiger partial charge >= 0.3 is 0 Å². The molecule has 0 unspecified atom stereocenters. The Bertz CT molecular complexity index is 522. The quantitative estimate of drug-likeness (QED) is 0.830. The summed E-state index contributed by atoms with van der Waals surface area (Å²) in [5, 5.41) is 2.66. The van der Waals surface area contributed by atoms with E-state index in [0.717, 1.165) is 5.56 Å². The van der Waals surface area contributed by atoms with Crippen LogP contribution in [-0.2, 0) is 9.59 Å². The van der Waals surface area contributed by atoms with Crippen LogP contribution in [0.1, 0.15) is 28.8 Å². The Morgan fingerprint density at radius 2 is 1.90 bits per heavy atom. The molecule has 0 aliphatic carbocycles. The summed E-state index contributed by atoms with van der Waals surface area (Å²) >= 11 is 0. The van der Waals surface area contributed by atoms with Crippen molar-refractivity contribution in [2.24, 2.45) is 0 Å². The van der Waals surface area contributed by atoms with Crippen LogP contribution in [0.5, 0.6) is 0 Å².